The summed E-state index contributed by atoms with van der Waals surface area (Å²) in [6.07, 6.45) is 0.0686. The zero-order valence-electron chi connectivity index (χ0n) is 13.4. The summed E-state index contributed by atoms with van der Waals surface area (Å²) in [7, 11) is 3.34. The fourth-order valence-corrected chi connectivity index (χ4v) is 2.46. The first-order valence-corrected chi connectivity index (χ1v) is 7.22. The molecule has 1 aliphatic heterocycles. The van der Waals surface area contributed by atoms with Crippen LogP contribution in [0.2, 0.25) is 0 Å². The molecule has 1 aromatic carbocycles. The number of rotatable bonds is 6. The molecule has 1 fully saturated rings. The van der Waals surface area contributed by atoms with Gasteiger partial charge in [-0.25, -0.2) is 0 Å². The summed E-state index contributed by atoms with van der Waals surface area (Å²) in [5.74, 6) is 1.18. The molecule has 5 heteroatoms. The lowest BCUT2D eigenvalue weighted by Crippen LogP contribution is -2.32. The van der Waals surface area contributed by atoms with Gasteiger partial charge < -0.3 is 24.3 Å². The Morgan fingerprint density at radius 2 is 2.10 bits per heavy atom. The number of hydrogen-bond donors (Lipinski definition) is 1. The Morgan fingerprint density at radius 1 is 1.33 bits per heavy atom. The number of benzene rings is 1. The molecule has 0 bridgehead atoms. The molecule has 2 rings (SSSR count). The van der Waals surface area contributed by atoms with Gasteiger partial charge in [0.15, 0.2) is 5.79 Å². The van der Waals surface area contributed by atoms with Crippen LogP contribution in [0.1, 0.15) is 32.4 Å². The van der Waals surface area contributed by atoms with E-state index in [1.165, 1.54) is 0 Å². The summed E-state index contributed by atoms with van der Waals surface area (Å²) in [6.45, 7) is 7.30. The van der Waals surface area contributed by atoms with Crippen molar-refractivity contribution in [2.75, 3.05) is 27.4 Å². The van der Waals surface area contributed by atoms with E-state index >= 15 is 0 Å². The van der Waals surface area contributed by atoms with Gasteiger partial charge >= 0.3 is 0 Å². The van der Waals surface area contributed by atoms with Crippen molar-refractivity contribution in [3.8, 4) is 11.5 Å². The largest absolute Gasteiger partial charge is 0.497 e. The summed E-state index contributed by atoms with van der Waals surface area (Å²) in [6, 6.07) is 5.94. The fourth-order valence-electron chi connectivity index (χ4n) is 2.46. The summed E-state index contributed by atoms with van der Waals surface area (Å²) in [4.78, 5) is 0. The minimum atomic E-state index is -0.483. The maximum absolute atomic E-state index is 5.80. The third kappa shape index (κ3) is 4.09. The van der Waals surface area contributed by atoms with Gasteiger partial charge in [-0.2, -0.15) is 0 Å². The van der Waals surface area contributed by atoms with Crippen molar-refractivity contribution in [2.24, 2.45) is 0 Å². The van der Waals surface area contributed by atoms with Crippen LogP contribution in [0.15, 0.2) is 18.2 Å². The van der Waals surface area contributed by atoms with Crippen molar-refractivity contribution < 1.29 is 18.9 Å². The van der Waals surface area contributed by atoms with E-state index in [2.05, 4.69) is 12.2 Å². The second-order valence-electron chi connectivity index (χ2n) is 5.69. The van der Waals surface area contributed by atoms with E-state index in [9.17, 15) is 0 Å². The minimum Gasteiger partial charge on any atom is -0.497 e. The average molecular weight is 295 g/mol. The van der Waals surface area contributed by atoms with Crippen LogP contribution in [0, 0.1) is 0 Å². The molecule has 0 spiro atoms. The lowest BCUT2D eigenvalue weighted by Gasteiger charge is -2.21. The van der Waals surface area contributed by atoms with Gasteiger partial charge in [0.2, 0.25) is 0 Å². The zero-order valence-corrected chi connectivity index (χ0v) is 13.4. The molecule has 1 N–H and O–H groups in total. The molecular weight excluding hydrogens is 270 g/mol. The molecule has 5 nitrogen and oxygen atoms in total. The molecule has 1 aliphatic rings. The quantitative estimate of drug-likeness (QED) is 0.874. The molecule has 2 unspecified atom stereocenters. The van der Waals surface area contributed by atoms with Crippen LogP contribution in [0.5, 0.6) is 11.5 Å². The normalized spacial score (nSPS) is 22.0. The Labute approximate surface area is 126 Å². The lowest BCUT2D eigenvalue weighted by molar-refractivity contribution is -0.137. The highest BCUT2D eigenvalue weighted by Crippen LogP contribution is 2.29. The molecule has 0 saturated carbocycles. The fraction of sp³-hybridized carbons (Fsp3) is 0.625. The van der Waals surface area contributed by atoms with Crippen molar-refractivity contribution in [1.82, 2.24) is 5.32 Å². The first-order chi connectivity index (χ1) is 9.95. The van der Waals surface area contributed by atoms with Crippen LogP contribution in [-0.2, 0) is 9.47 Å². The minimum absolute atomic E-state index is 0.0686. The van der Waals surface area contributed by atoms with Gasteiger partial charge in [0.05, 0.1) is 26.9 Å². The van der Waals surface area contributed by atoms with Gasteiger partial charge in [-0.15, -0.1) is 0 Å². The van der Waals surface area contributed by atoms with Crippen molar-refractivity contribution in [2.45, 2.75) is 38.7 Å². The van der Waals surface area contributed by atoms with E-state index in [0.29, 0.717) is 6.61 Å². The van der Waals surface area contributed by atoms with Crippen LogP contribution >= 0.6 is 0 Å². The summed E-state index contributed by atoms with van der Waals surface area (Å²) in [5.41, 5.74) is 1.06. The second kappa shape index (κ2) is 6.64. The molecule has 118 valence electrons. The second-order valence-corrected chi connectivity index (χ2v) is 5.69. The number of hydrogen-bond acceptors (Lipinski definition) is 5. The molecular formula is C16H25NO4. The molecule has 1 aromatic rings. The molecule has 0 aliphatic carbocycles. The van der Waals surface area contributed by atoms with Crippen molar-refractivity contribution in [1.29, 1.82) is 0 Å². The van der Waals surface area contributed by atoms with Crippen molar-refractivity contribution in [3.63, 3.8) is 0 Å². The molecule has 0 radical (unpaired) electrons. The Kier molecular flexibility index (Phi) is 5.08. The highest BCUT2D eigenvalue weighted by atomic mass is 16.7. The Morgan fingerprint density at radius 3 is 2.67 bits per heavy atom. The highest BCUT2D eigenvalue weighted by molar-refractivity contribution is 5.42. The molecule has 2 atom stereocenters. The van der Waals surface area contributed by atoms with Gasteiger partial charge in [0, 0.05) is 18.2 Å². The van der Waals surface area contributed by atoms with Crippen LogP contribution in [0.25, 0.3) is 0 Å². The van der Waals surface area contributed by atoms with Crippen molar-refractivity contribution >= 4 is 0 Å². The molecule has 0 aromatic heterocycles. The van der Waals surface area contributed by atoms with E-state index in [0.717, 1.165) is 23.6 Å². The Hall–Kier alpha value is -1.30. The highest BCUT2D eigenvalue weighted by Gasteiger charge is 2.32. The van der Waals surface area contributed by atoms with Gasteiger partial charge in [-0.3, -0.25) is 0 Å². The van der Waals surface area contributed by atoms with E-state index in [4.69, 9.17) is 18.9 Å². The van der Waals surface area contributed by atoms with Gasteiger partial charge in [-0.05, 0) is 39.0 Å². The number of methoxy groups -OCH3 is 2. The lowest BCUT2D eigenvalue weighted by atomic mass is 10.1. The van der Waals surface area contributed by atoms with E-state index in [-0.39, 0.29) is 12.1 Å². The predicted molar refractivity (Wildman–Crippen MR) is 80.9 cm³/mol. The molecule has 1 saturated heterocycles. The first-order valence-electron chi connectivity index (χ1n) is 7.22. The van der Waals surface area contributed by atoms with Crippen molar-refractivity contribution in [3.05, 3.63) is 23.8 Å². The third-order valence-corrected chi connectivity index (χ3v) is 3.62. The number of ether oxygens (including phenoxy) is 4. The SMILES string of the molecule is COc1ccc(OC)c(C(C)NCC2COC(C)(C)O2)c1. The summed E-state index contributed by atoms with van der Waals surface area (Å²) < 4.78 is 22.1. The van der Waals surface area contributed by atoms with E-state index < -0.39 is 5.79 Å². The first kappa shape index (κ1) is 16.1. The van der Waals surface area contributed by atoms with Crippen LogP contribution in [0.3, 0.4) is 0 Å². The van der Waals surface area contributed by atoms with E-state index in [1.54, 1.807) is 14.2 Å². The smallest absolute Gasteiger partial charge is 0.163 e. The zero-order chi connectivity index (χ0) is 15.5. The number of nitrogens with one attached hydrogen (secondary N) is 1. The Balaban J connectivity index is 1.98. The molecule has 21 heavy (non-hydrogen) atoms. The van der Waals surface area contributed by atoms with E-state index in [1.807, 2.05) is 32.0 Å². The monoisotopic (exact) mass is 295 g/mol. The summed E-state index contributed by atoms with van der Waals surface area (Å²) >= 11 is 0. The van der Waals surface area contributed by atoms with Gasteiger partial charge in [-0.1, -0.05) is 0 Å². The standard InChI is InChI=1S/C16H25NO4/c1-11(17-9-13-10-20-16(2,3)21-13)14-8-12(18-4)6-7-15(14)19-5/h6-8,11,13,17H,9-10H2,1-5H3. The van der Waals surface area contributed by atoms with Crippen LogP contribution < -0.4 is 14.8 Å². The van der Waals surface area contributed by atoms with Gasteiger partial charge in [0.25, 0.3) is 0 Å². The third-order valence-electron chi connectivity index (χ3n) is 3.62. The van der Waals surface area contributed by atoms with Crippen LogP contribution in [-0.4, -0.2) is 39.3 Å². The van der Waals surface area contributed by atoms with Crippen LogP contribution in [0.4, 0.5) is 0 Å². The maximum atomic E-state index is 5.80. The average Bonchev–Trinajstić information content (AvgIpc) is 2.83. The van der Waals surface area contributed by atoms with Gasteiger partial charge in [0.1, 0.15) is 11.5 Å². The predicted octanol–water partition coefficient (Wildman–Crippen LogP) is 2.51. The summed E-state index contributed by atoms with van der Waals surface area (Å²) in [5, 5.41) is 3.46. The Bertz CT molecular complexity index is 475. The maximum Gasteiger partial charge on any atom is 0.163 e. The molecule has 0 amide bonds. The topological polar surface area (TPSA) is 49.0 Å². The molecule has 1 heterocycles.